The van der Waals surface area contributed by atoms with Gasteiger partial charge < -0.3 is 25.6 Å². The molecule has 0 aliphatic carbocycles. The summed E-state index contributed by atoms with van der Waals surface area (Å²) in [6, 6.07) is 6.27. The number of piperidine rings is 1. The molecule has 4 heterocycles. The third-order valence-corrected chi connectivity index (χ3v) is 9.03. The van der Waals surface area contributed by atoms with Crippen LogP contribution in [0.5, 0.6) is 0 Å². The maximum Gasteiger partial charge on any atom is 0.309 e. The number of likely N-dealkylation sites (tertiary alicyclic amines) is 1. The second kappa shape index (κ2) is 16.5. The number of carboxylic acid groups (broad SMARTS) is 1. The Morgan fingerprint density at radius 3 is 2.51 bits per heavy atom. The van der Waals surface area contributed by atoms with Crippen molar-refractivity contribution >= 4 is 55.7 Å². The van der Waals surface area contributed by atoms with Crippen LogP contribution in [-0.2, 0) is 9.59 Å². The first-order valence-electron chi connectivity index (χ1n) is 15.2. The topological polar surface area (TPSA) is 136 Å². The number of allylic oxidation sites excluding steroid dienone is 4. The van der Waals surface area contributed by atoms with E-state index in [1.165, 1.54) is 0 Å². The number of hydrogen-bond acceptors (Lipinski definition) is 8. The SMILES string of the molecule is C=C(C)N1CCC(CCC)(C(=O)O)CC1.C=C/C(=C\C)c1cc(-c2ncnc3[nH]ccc23)c2sc(NC)nc2c1.CCNC=O. The van der Waals surface area contributed by atoms with E-state index in [0.717, 1.165) is 99.8 Å². The zero-order chi connectivity index (χ0) is 33.0. The van der Waals surface area contributed by atoms with Gasteiger partial charge in [-0.25, -0.2) is 15.0 Å². The number of anilines is 1. The van der Waals surface area contributed by atoms with Crippen molar-refractivity contribution in [2.45, 2.75) is 53.4 Å². The Morgan fingerprint density at radius 2 is 1.98 bits per heavy atom. The highest BCUT2D eigenvalue weighted by Gasteiger charge is 2.40. The maximum absolute atomic E-state index is 11.3. The molecule has 4 aromatic rings. The molecule has 0 saturated carbocycles. The van der Waals surface area contributed by atoms with Gasteiger partial charge in [-0.1, -0.05) is 50.0 Å². The van der Waals surface area contributed by atoms with Crippen LogP contribution in [0.25, 0.3) is 38.1 Å². The molecule has 3 aromatic heterocycles. The summed E-state index contributed by atoms with van der Waals surface area (Å²) in [7, 11) is 1.88. The molecule has 1 saturated heterocycles. The molecule has 0 spiro atoms. The number of thiazole rings is 1. The lowest BCUT2D eigenvalue weighted by atomic mass is 9.75. The number of aromatic amines is 1. The van der Waals surface area contributed by atoms with Gasteiger partial charge >= 0.3 is 5.97 Å². The Bertz CT molecular complexity index is 1650. The maximum atomic E-state index is 11.3. The van der Waals surface area contributed by atoms with Crippen molar-refractivity contribution < 1.29 is 14.7 Å². The molecular weight excluding hydrogens is 586 g/mol. The summed E-state index contributed by atoms with van der Waals surface area (Å²) in [5.41, 5.74) is 6.47. The highest BCUT2D eigenvalue weighted by atomic mass is 32.1. The number of fused-ring (bicyclic) bond motifs is 2. The standard InChI is InChI=1S/C19H17N5S.C12H21NO2.C3H7NO/c1-4-11(5-2)12-8-14(17-15(9-12)24-19(20-3)25-17)16-13-6-7-21-18(13)23-10-22-16;1-4-5-12(11(14)15)6-8-13(9-7-12)10(2)3;1-2-4-3-5/h4-10H,1H2,2-3H3,(H,20,24)(H,21,22,23);2,4-9H2,1,3H3,(H,14,15);3H,2H2,1H3,(H,4,5)/b11-5+;;. The Labute approximate surface area is 269 Å². The molecule has 1 aliphatic rings. The Hall–Kier alpha value is -4.51. The lowest BCUT2D eigenvalue weighted by molar-refractivity contribution is -0.152. The molecule has 0 radical (unpaired) electrons. The largest absolute Gasteiger partial charge is 0.481 e. The van der Waals surface area contributed by atoms with Crippen LogP contribution < -0.4 is 10.6 Å². The molecule has 10 nitrogen and oxygen atoms in total. The number of benzene rings is 1. The second-order valence-electron chi connectivity index (χ2n) is 10.8. The number of hydrogen-bond donors (Lipinski definition) is 4. The minimum Gasteiger partial charge on any atom is -0.481 e. The van der Waals surface area contributed by atoms with Gasteiger partial charge in [0.2, 0.25) is 6.41 Å². The molecule has 0 atom stereocenters. The van der Waals surface area contributed by atoms with Crippen LogP contribution in [0.1, 0.15) is 58.9 Å². The van der Waals surface area contributed by atoms with Gasteiger partial charge in [-0.2, -0.15) is 0 Å². The number of carboxylic acids is 1. The number of amides is 1. The second-order valence-corrected chi connectivity index (χ2v) is 11.8. The number of rotatable bonds is 10. The number of H-pyrrole nitrogens is 1. The van der Waals surface area contributed by atoms with E-state index in [1.807, 2.05) is 46.2 Å². The monoisotopic (exact) mass is 631 g/mol. The molecule has 1 aromatic carbocycles. The third-order valence-electron chi connectivity index (χ3n) is 7.91. The molecule has 0 unspecified atom stereocenters. The molecule has 240 valence electrons. The molecule has 45 heavy (non-hydrogen) atoms. The molecule has 4 N–H and O–H groups in total. The summed E-state index contributed by atoms with van der Waals surface area (Å²) in [4.78, 5) is 39.5. The lowest BCUT2D eigenvalue weighted by Crippen LogP contribution is -2.43. The van der Waals surface area contributed by atoms with Crippen LogP contribution in [0.2, 0.25) is 0 Å². The van der Waals surface area contributed by atoms with Gasteiger partial charge in [0.1, 0.15) is 12.0 Å². The van der Waals surface area contributed by atoms with Gasteiger partial charge in [0.15, 0.2) is 5.13 Å². The van der Waals surface area contributed by atoms with Gasteiger partial charge in [-0.3, -0.25) is 9.59 Å². The molecule has 1 aliphatic heterocycles. The predicted molar refractivity (Wildman–Crippen MR) is 186 cm³/mol. The van der Waals surface area contributed by atoms with Gasteiger partial charge in [0.05, 0.1) is 21.3 Å². The molecule has 11 heteroatoms. The van der Waals surface area contributed by atoms with Crippen LogP contribution in [0.4, 0.5) is 5.13 Å². The van der Waals surface area contributed by atoms with E-state index in [1.54, 1.807) is 17.7 Å². The third kappa shape index (κ3) is 8.36. The van der Waals surface area contributed by atoms with Crippen molar-refractivity contribution in [2.24, 2.45) is 5.41 Å². The zero-order valence-electron chi connectivity index (χ0n) is 26.9. The summed E-state index contributed by atoms with van der Waals surface area (Å²) in [6.07, 6.45) is 11.3. The zero-order valence-corrected chi connectivity index (χ0v) is 27.8. The van der Waals surface area contributed by atoms with Crippen molar-refractivity contribution in [2.75, 3.05) is 32.0 Å². The first-order chi connectivity index (χ1) is 21.7. The summed E-state index contributed by atoms with van der Waals surface area (Å²) < 4.78 is 1.11. The average molecular weight is 632 g/mol. The average Bonchev–Trinajstić information content (AvgIpc) is 3.70. The van der Waals surface area contributed by atoms with Gasteiger partial charge in [-0.05, 0) is 69.4 Å². The quantitative estimate of drug-likeness (QED) is 0.107. The van der Waals surface area contributed by atoms with Gasteiger partial charge in [0.25, 0.3) is 0 Å². The van der Waals surface area contributed by atoms with E-state index in [-0.39, 0.29) is 0 Å². The fourth-order valence-electron chi connectivity index (χ4n) is 5.42. The first kappa shape index (κ1) is 35.0. The summed E-state index contributed by atoms with van der Waals surface area (Å²) >= 11 is 1.63. The fraction of sp³-hybridized carbons (Fsp3) is 0.382. The molecule has 1 fully saturated rings. The van der Waals surface area contributed by atoms with E-state index in [4.69, 9.17) is 4.98 Å². The lowest BCUT2D eigenvalue weighted by Gasteiger charge is -2.40. The molecule has 1 amide bonds. The van der Waals surface area contributed by atoms with E-state index in [0.29, 0.717) is 6.41 Å². The molecule has 5 rings (SSSR count). The number of nitrogens with one attached hydrogen (secondary N) is 3. The van der Waals surface area contributed by atoms with Crippen molar-refractivity contribution in [3.63, 3.8) is 0 Å². The first-order valence-corrected chi connectivity index (χ1v) is 16.0. The van der Waals surface area contributed by atoms with Gasteiger partial charge in [-0.15, -0.1) is 0 Å². The smallest absolute Gasteiger partial charge is 0.309 e. The van der Waals surface area contributed by atoms with Crippen LogP contribution in [0.3, 0.4) is 0 Å². The van der Waals surface area contributed by atoms with Crippen LogP contribution >= 0.6 is 11.3 Å². The van der Waals surface area contributed by atoms with E-state index in [9.17, 15) is 14.7 Å². The van der Waals surface area contributed by atoms with Crippen molar-refractivity contribution in [1.29, 1.82) is 0 Å². The number of carbonyl (C=O) groups is 2. The highest BCUT2D eigenvalue weighted by molar-refractivity contribution is 7.22. The van der Waals surface area contributed by atoms with Gasteiger partial charge in [0, 0.05) is 49.5 Å². The number of aromatic nitrogens is 4. The van der Waals surface area contributed by atoms with Crippen LogP contribution in [0, 0.1) is 5.41 Å². The Balaban J connectivity index is 0.000000235. The Morgan fingerprint density at radius 1 is 1.24 bits per heavy atom. The van der Waals surface area contributed by atoms with Crippen molar-refractivity contribution in [1.82, 2.24) is 30.2 Å². The molecule has 0 bridgehead atoms. The fourth-order valence-corrected chi connectivity index (χ4v) is 6.33. The summed E-state index contributed by atoms with van der Waals surface area (Å²) in [5.74, 6) is -0.620. The number of carbonyl (C=O) groups excluding carboxylic acids is 1. The van der Waals surface area contributed by atoms with E-state index < -0.39 is 11.4 Å². The normalized spacial score (nSPS) is 14.1. The van der Waals surface area contributed by atoms with Crippen LogP contribution in [-0.4, -0.2) is 69.0 Å². The van der Waals surface area contributed by atoms with E-state index in [2.05, 4.69) is 68.8 Å². The summed E-state index contributed by atoms with van der Waals surface area (Å²) in [5, 5.41) is 16.8. The minimum atomic E-state index is -0.620. The minimum absolute atomic E-state index is 0.472. The predicted octanol–water partition coefficient (Wildman–Crippen LogP) is 7.10. The molecular formula is C34H45N7O3S. The number of aliphatic carboxylic acids is 1. The van der Waals surface area contributed by atoms with E-state index >= 15 is 0 Å². The Kier molecular flexibility index (Phi) is 12.8. The summed E-state index contributed by atoms with van der Waals surface area (Å²) in [6.45, 7) is 18.1. The van der Waals surface area contributed by atoms with Crippen LogP contribution in [0.15, 0.2) is 61.7 Å². The van der Waals surface area contributed by atoms with Crippen molar-refractivity contribution in [3.8, 4) is 11.3 Å². The van der Waals surface area contributed by atoms with Crippen molar-refractivity contribution in [3.05, 3.63) is 67.3 Å². The number of nitrogens with zero attached hydrogens (tertiary/aromatic N) is 4. The highest BCUT2D eigenvalue weighted by Crippen LogP contribution is 2.39.